The van der Waals surface area contributed by atoms with Crippen molar-refractivity contribution in [3.8, 4) is 0 Å². The summed E-state index contributed by atoms with van der Waals surface area (Å²) in [5.74, 6) is -0.180. The molecule has 0 fully saturated rings. The van der Waals surface area contributed by atoms with E-state index in [0.29, 0.717) is 0 Å². The van der Waals surface area contributed by atoms with Crippen LogP contribution in [0.2, 0.25) is 0 Å². The van der Waals surface area contributed by atoms with E-state index in [0.717, 1.165) is 36.4 Å². The first-order valence-electron chi connectivity index (χ1n) is 10.2. The fraction of sp³-hybridized carbons (Fsp3) is 0.333. The molecule has 1 N–H and O–H groups in total. The van der Waals surface area contributed by atoms with E-state index >= 15 is 0 Å². The van der Waals surface area contributed by atoms with Crippen molar-refractivity contribution in [1.29, 1.82) is 0 Å². The summed E-state index contributed by atoms with van der Waals surface area (Å²) >= 11 is 0. The normalized spacial score (nSPS) is 15.3. The first kappa shape index (κ1) is 20.8. The van der Waals surface area contributed by atoms with E-state index in [1.807, 2.05) is 48.5 Å². The van der Waals surface area contributed by atoms with E-state index < -0.39 is 0 Å². The molecule has 0 unspecified atom stereocenters. The number of anilines is 1. The number of carbonyl (C=O) groups excluding carboxylic acids is 2. The number of carbonyl (C=O) groups is 2. The minimum Gasteiger partial charge on any atom is -0.326 e. The fourth-order valence-electron chi connectivity index (χ4n) is 3.75. The number of hydrogen-bond donors (Lipinski definition) is 1. The zero-order chi connectivity index (χ0) is 20.8. The molecule has 5 heteroatoms. The lowest BCUT2D eigenvalue weighted by Crippen LogP contribution is -2.33. The van der Waals surface area contributed by atoms with Gasteiger partial charge in [0.1, 0.15) is 0 Å². The lowest BCUT2D eigenvalue weighted by atomic mass is 9.93. The van der Waals surface area contributed by atoms with Crippen molar-refractivity contribution in [1.82, 2.24) is 9.80 Å². The van der Waals surface area contributed by atoms with Gasteiger partial charge in [0.2, 0.25) is 11.8 Å². The molecular weight excluding hydrogens is 362 g/mol. The molecule has 5 nitrogen and oxygen atoms in total. The third-order valence-corrected chi connectivity index (χ3v) is 5.36. The second kappa shape index (κ2) is 9.52. The van der Waals surface area contributed by atoms with Gasteiger partial charge in [-0.1, -0.05) is 50.2 Å². The van der Waals surface area contributed by atoms with Crippen molar-refractivity contribution in [3.05, 3.63) is 71.4 Å². The van der Waals surface area contributed by atoms with E-state index in [1.165, 1.54) is 12.5 Å². The van der Waals surface area contributed by atoms with Gasteiger partial charge < -0.3 is 10.2 Å². The number of fused-ring (bicyclic) bond motifs is 1. The second-order valence-electron chi connectivity index (χ2n) is 7.30. The maximum atomic E-state index is 12.8. The molecule has 0 saturated carbocycles. The van der Waals surface area contributed by atoms with Gasteiger partial charge in [-0.15, -0.1) is 0 Å². The predicted molar refractivity (Wildman–Crippen MR) is 117 cm³/mol. The average Bonchev–Trinajstić information content (AvgIpc) is 2.72. The lowest BCUT2D eigenvalue weighted by Gasteiger charge is -2.32. The van der Waals surface area contributed by atoms with Gasteiger partial charge in [0, 0.05) is 25.4 Å². The Morgan fingerprint density at radius 2 is 1.83 bits per heavy atom. The molecule has 1 aliphatic rings. The predicted octanol–water partition coefficient (Wildman–Crippen LogP) is 4.43. The molecule has 2 aromatic rings. The quantitative estimate of drug-likeness (QED) is 0.760. The maximum absolute atomic E-state index is 12.8. The largest absolute Gasteiger partial charge is 0.326 e. The zero-order valence-electron chi connectivity index (χ0n) is 17.4. The Balaban J connectivity index is 1.73. The highest BCUT2D eigenvalue weighted by atomic mass is 16.2. The van der Waals surface area contributed by atoms with Crippen LogP contribution in [0.4, 0.5) is 5.69 Å². The Hall–Kier alpha value is -2.92. The highest BCUT2D eigenvalue weighted by Gasteiger charge is 2.28. The summed E-state index contributed by atoms with van der Waals surface area (Å²) < 4.78 is 0. The van der Waals surface area contributed by atoms with Crippen LogP contribution in [0.3, 0.4) is 0 Å². The monoisotopic (exact) mass is 391 g/mol. The second-order valence-corrected chi connectivity index (χ2v) is 7.30. The minimum atomic E-state index is -0.299. The van der Waals surface area contributed by atoms with Crippen LogP contribution >= 0.6 is 0 Å². The van der Waals surface area contributed by atoms with Crippen LogP contribution in [0, 0.1) is 0 Å². The minimum absolute atomic E-state index is 0.0743. The third kappa shape index (κ3) is 5.12. The smallest absolute Gasteiger partial charge is 0.226 e. The van der Waals surface area contributed by atoms with Crippen LogP contribution in [-0.4, -0.2) is 34.7 Å². The van der Waals surface area contributed by atoms with Crippen LogP contribution in [0.25, 0.3) is 6.08 Å². The highest BCUT2D eigenvalue weighted by Crippen LogP contribution is 2.33. The van der Waals surface area contributed by atoms with Crippen molar-refractivity contribution >= 4 is 23.6 Å². The van der Waals surface area contributed by atoms with E-state index in [2.05, 4.69) is 30.1 Å². The Labute approximate surface area is 173 Å². The van der Waals surface area contributed by atoms with Crippen molar-refractivity contribution in [3.63, 3.8) is 0 Å². The van der Waals surface area contributed by atoms with Crippen molar-refractivity contribution in [2.75, 3.05) is 18.4 Å². The number of amides is 2. The summed E-state index contributed by atoms with van der Waals surface area (Å²) in [5, 5.41) is 3.01. The van der Waals surface area contributed by atoms with Crippen LogP contribution in [0.15, 0.2) is 54.7 Å². The van der Waals surface area contributed by atoms with Gasteiger partial charge >= 0.3 is 0 Å². The standard InChI is InChI=1S/C24H29N3O2/c1-4-26(5-2)17-19-9-8-11-21(15-19)25-24(29)16-23-22-12-7-6-10-20(22)13-14-27(23)18(3)28/h6-15,23H,4-5,16-17H2,1-3H3,(H,25,29)/t23-/m1/s1. The molecule has 0 aliphatic carbocycles. The Kier molecular flexibility index (Phi) is 6.83. The van der Waals surface area contributed by atoms with Crippen LogP contribution < -0.4 is 5.32 Å². The number of rotatable bonds is 7. The van der Waals surface area contributed by atoms with E-state index in [4.69, 9.17) is 0 Å². The topological polar surface area (TPSA) is 52.7 Å². The van der Waals surface area contributed by atoms with Gasteiger partial charge in [-0.05, 0) is 48.0 Å². The van der Waals surface area contributed by atoms with Gasteiger partial charge in [0.25, 0.3) is 0 Å². The van der Waals surface area contributed by atoms with Gasteiger partial charge in [-0.2, -0.15) is 0 Å². The maximum Gasteiger partial charge on any atom is 0.226 e. The van der Waals surface area contributed by atoms with Crippen molar-refractivity contribution < 1.29 is 9.59 Å². The first-order valence-corrected chi connectivity index (χ1v) is 10.2. The van der Waals surface area contributed by atoms with E-state index in [-0.39, 0.29) is 24.3 Å². The zero-order valence-corrected chi connectivity index (χ0v) is 17.4. The molecule has 152 valence electrons. The summed E-state index contributed by atoms with van der Waals surface area (Å²) in [7, 11) is 0. The molecule has 1 atom stereocenters. The molecule has 3 rings (SSSR count). The molecular formula is C24H29N3O2. The summed E-state index contributed by atoms with van der Waals surface area (Å²) in [6.45, 7) is 8.65. The molecule has 0 aromatic heterocycles. The third-order valence-electron chi connectivity index (χ3n) is 5.36. The molecule has 0 saturated heterocycles. The van der Waals surface area contributed by atoms with Gasteiger partial charge in [-0.3, -0.25) is 14.5 Å². The Morgan fingerprint density at radius 1 is 1.07 bits per heavy atom. The van der Waals surface area contributed by atoms with Gasteiger partial charge in [0.15, 0.2) is 0 Å². The van der Waals surface area contributed by atoms with E-state index in [9.17, 15) is 9.59 Å². The van der Waals surface area contributed by atoms with Crippen LogP contribution in [0.1, 0.15) is 49.9 Å². The van der Waals surface area contributed by atoms with Gasteiger partial charge in [0.05, 0.1) is 12.5 Å². The summed E-state index contributed by atoms with van der Waals surface area (Å²) in [6, 6.07) is 15.6. The molecule has 2 amide bonds. The first-order chi connectivity index (χ1) is 14.0. The number of nitrogens with one attached hydrogen (secondary N) is 1. The number of benzene rings is 2. The SMILES string of the molecule is CCN(CC)Cc1cccc(NC(=O)C[C@@H]2c3ccccc3C=CN2C(C)=O)c1. The Bertz CT molecular complexity index is 903. The molecule has 0 bridgehead atoms. The molecule has 1 aliphatic heterocycles. The van der Waals surface area contributed by atoms with Crippen molar-refractivity contribution in [2.24, 2.45) is 0 Å². The number of hydrogen-bond acceptors (Lipinski definition) is 3. The van der Waals surface area contributed by atoms with Crippen LogP contribution in [0.5, 0.6) is 0 Å². The molecule has 0 spiro atoms. The van der Waals surface area contributed by atoms with Crippen molar-refractivity contribution in [2.45, 2.75) is 39.8 Å². The fourth-order valence-corrected chi connectivity index (χ4v) is 3.75. The average molecular weight is 392 g/mol. The van der Waals surface area contributed by atoms with E-state index in [1.54, 1.807) is 11.1 Å². The number of nitrogens with zero attached hydrogens (tertiary/aromatic N) is 2. The molecule has 29 heavy (non-hydrogen) atoms. The lowest BCUT2D eigenvalue weighted by molar-refractivity contribution is -0.129. The molecule has 0 radical (unpaired) electrons. The molecule has 1 heterocycles. The molecule has 2 aromatic carbocycles. The summed E-state index contributed by atoms with van der Waals surface area (Å²) in [6.07, 6.45) is 3.90. The highest BCUT2D eigenvalue weighted by molar-refractivity contribution is 5.92. The van der Waals surface area contributed by atoms with Crippen LogP contribution in [-0.2, 0) is 16.1 Å². The Morgan fingerprint density at radius 3 is 2.55 bits per heavy atom. The van der Waals surface area contributed by atoms with Gasteiger partial charge in [-0.25, -0.2) is 0 Å². The summed E-state index contributed by atoms with van der Waals surface area (Å²) in [5.41, 5.74) is 4.00. The summed E-state index contributed by atoms with van der Waals surface area (Å²) in [4.78, 5) is 28.9.